The van der Waals surface area contributed by atoms with Gasteiger partial charge in [0.25, 0.3) is 5.91 Å². The number of likely N-dealkylation sites (tertiary alicyclic amines) is 1. The van der Waals surface area contributed by atoms with Crippen molar-refractivity contribution in [1.29, 1.82) is 0 Å². The quantitative estimate of drug-likeness (QED) is 0.146. The number of benzene rings is 2. The number of hydrazone groups is 1. The summed E-state index contributed by atoms with van der Waals surface area (Å²) in [6.45, 7) is 4.54. The molecule has 1 amide bonds. The molecule has 9 nitrogen and oxygen atoms in total. The minimum Gasteiger partial charge on any atom is -0.397 e. The Hall–Kier alpha value is -3.58. The fraction of sp³-hybridized carbons (Fsp3) is 0.357. The van der Waals surface area contributed by atoms with Crippen LogP contribution in [-0.2, 0) is 12.7 Å². The van der Waals surface area contributed by atoms with E-state index in [1.807, 2.05) is 4.90 Å². The van der Waals surface area contributed by atoms with Crippen LogP contribution in [-0.4, -0.2) is 60.4 Å². The highest BCUT2D eigenvalue weighted by atomic mass is 35.5. The zero-order chi connectivity index (χ0) is 30.5. The van der Waals surface area contributed by atoms with Crippen LogP contribution >= 0.6 is 11.6 Å². The first-order valence-electron chi connectivity index (χ1n) is 12.8. The van der Waals surface area contributed by atoms with Crippen molar-refractivity contribution >= 4 is 35.1 Å². The Morgan fingerprint density at radius 2 is 2.00 bits per heavy atom. The number of anilines is 2. The van der Waals surface area contributed by atoms with Crippen LogP contribution in [0.25, 0.3) is 0 Å². The molecule has 3 rings (SSSR count). The number of allylic oxidation sites excluding steroid dienone is 2. The number of aliphatic hydroxyl groups is 1. The number of nitrogens with one attached hydrogen (secondary N) is 1. The third-order valence-electron chi connectivity index (χ3n) is 6.45. The third-order valence-corrected chi connectivity index (χ3v) is 6.90. The number of hydrogen-bond acceptors (Lipinski definition) is 8. The molecule has 0 aromatic heterocycles. The summed E-state index contributed by atoms with van der Waals surface area (Å²) in [6.07, 6.45) is 0.0793. The molecule has 0 saturated carbocycles. The van der Waals surface area contributed by atoms with Gasteiger partial charge in [0.1, 0.15) is 0 Å². The molecule has 1 aliphatic heterocycles. The van der Waals surface area contributed by atoms with Crippen molar-refractivity contribution in [3.05, 3.63) is 81.2 Å². The fourth-order valence-electron chi connectivity index (χ4n) is 4.29. The molecule has 2 aromatic carbocycles. The number of β-amino-alcohol motifs (C(OH)–C–C–N with tert-alkyl or cyclic N) is 1. The van der Waals surface area contributed by atoms with Crippen LogP contribution in [0.2, 0.25) is 5.02 Å². The van der Waals surface area contributed by atoms with Gasteiger partial charge in [-0.2, -0.15) is 18.3 Å². The van der Waals surface area contributed by atoms with E-state index < -0.39 is 28.8 Å². The molecule has 1 aliphatic rings. The molecule has 6 N–H and O–H groups in total. The topological polar surface area (TPSA) is 123 Å². The summed E-state index contributed by atoms with van der Waals surface area (Å²) >= 11 is 6.14. The van der Waals surface area contributed by atoms with Crippen molar-refractivity contribution in [3.63, 3.8) is 0 Å². The van der Waals surface area contributed by atoms with Gasteiger partial charge in [0.2, 0.25) is 0 Å². The van der Waals surface area contributed by atoms with E-state index in [0.29, 0.717) is 36.5 Å². The second-order valence-corrected chi connectivity index (χ2v) is 10.3. The Balaban J connectivity index is 1.89. The predicted molar refractivity (Wildman–Crippen MR) is 156 cm³/mol. The number of aryl methyl sites for hydroxylation is 1. The van der Waals surface area contributed by atoms with E-state index in [1.54, 1.807) is 57.4 Å². The van der Waals surface area contributed by atoms with Crippen molar-refractivity contribution in [2.45, 2.75) is 39.1 Å². The van der Waals surface area contributed by atoms with Gasteiger partial charge in [0.05, 0.1) is 34.3 Å². The van der Waals surface area contributed by atoms with Crippen LogP contribution < -0.4 is 21.9 Å². The Morgan fingerprint density at radius 3 is 2.59 bits per heavy atom. The van der Waals surface area contributed by atoms with Crippen LogP contribution in [0.5, 0.6) is 0 Å². The second-order valence-electron chi connectivity index (χ2n) is 9.96. The number of hydrazine groups is 1. The highest BCUT2D eigenvalue weighted by Gasteiger charge is 2.35. The summed E-state index contributed by atoms with van der Waals surface area (Å²) in [5.41, 5.74) is 7.61. The number of nitrogens with two attached hydrogens (primary N) is 2. The molecule has 1 fully saturated rings. The zero-order valence-electron chi connectivity index (χ0n) is 23.3. The van der Waals surface area contributed by atoms with Crippen molar-refractivity contribution in [2.75, 3.05) is 37.5 Å². The largest absolute Gasteiger partial charge is 0.417 e. The molecule has 222 valence electrons. The van der Waals surface area contributed by atoms with Crippen molar-refractivity contribution < 1.29 is 23.1 Å². The van der Waals surface area contributed by atoms with E-state index in [-0.39, 0.29) is 23.4 Å². The lowest BCUT2D eigenvalue weighted by Gasteiger charge is -2.21. The minimum absolute atomic E-state index is 0.0600. The molecular weight excluding hydrogens is 559 g/mol. The van der Waals surface area contributed by atoms with Gasteiger partial charge in [0.15, 0.2) is 0 Å². The average molecular weight is 594 g/mol. The van der Waals surface area contributed by atoms with E-state index >= 15 is 0 Å². The number of amides is 1. The first kappa shape index (κ1) is 31.9. The van der Waals surface area contributed by atoms with Crippen molar-refractivity contribution in [2.24, 2.45) is 16.7 Å². The highest BCUT2D eigenvalue weighted by Crippen LogP contribution is 2.39. The molecule has 0 radical (unpaired) electrons. The van der Waals surface area contributed by atoms with Crippen LogP contribution in [0.15, 0.2) is 59.0 Å². The van der Waals surface area contributed by atoms with Gasteiger partial charge in [0, 0.05) is 56.8 Å². The summed E-state index contributed by atoms with van der Waals surface area (Å²) < 4.78 is 41.4. The van der Waals surface area contributed by atoms with E-state index in [1.165, 1.54) is 23.3 Å². The highest BCUT2D eigenvalue weighted by molar-refractivity contribution is 6.32. The maximum atomic E-state index is 13.8. The van der Waals surface area contributed by atoms with Gasteiger partial charge in [-0.1, -0.05) is 23.7 Å². The number of nitrogens with zero attached hydrogens (tertiary/aromatic N) is 4. The number of rotatable bonds is 9. The first-order valence-corrected chi connectivity index (χ1v) is 13.2. The molecular formula is C28H35ClF3N7O2. The molecule has 1 atom stereocenters. The lowest BCUT2D eigenvalue weighted by molar-refractivity contribution is -0.137. The van der Waals surface area contributed by atoms with Crippen LogP contribution in [0.1, 0.15) is 40.4 Å². The summed E-state index contributed by atoms with van der Waals surface area (Å²) in [6, 6.07) is 6.96. The fourth-order valence-corrected chi connectivity index (χ4v) is 4.57. The number of aliphatic hydroxyl groups excluding tert-OH is 1. The Morgan fingerprint density at radius 1 is 1.29 bits per heavy atom. The van der Waals surface area contributed by atoms with Gasteiger partial charge in [-0.3, -0.25) is 14.7 Å². The van der Waals surface area contributed by atoms with E-state index in [2.05, 4.69) is 10.4 Å². The minimum atomic E-state index is -4.73. The molecule has 0 aliphatic carbocycles. The zero-order valence-corrected chi connectivity index (χ0v) is 24.1. The number of halogens is 4. The molecule has 0 spiro atoms. The molecule has 1 saturated heterocycles. The van der Waals surface area contributed by atoms with Crippen molar-refractivity contribution in [1.82, 2.24) is 9.91 Å². The van der Waals surface area contributed by atoms with Gasteiger partial charge in [-0.25, -0.2) is 5.84 Å². The Kier molecular flexibility index (Phi) is 10.4. The van der Waals surface area contributed by atoms with E-state index in [9.17, 15) is 23.1 Å². The smallest absolute Gasteiger partial charge is 0.397 e. The Labute approximate surface area is 242 Å². The van der Waals surface area contributed by atoms with Gasteiger partial charge < -0.3 is 21.2 Å². The molecule has 41 heavy (non-hydrogen) atoms. The standard InChI is InChI=1S/C28H35ClF3N7O2/c1-5-18(13-35-37(3)4)24(33)16-39(34)25-11-19(7-6-17(25)2)27(41)36-21-10-20(14-38-9-8-22(40)15-38)26(29)23(12-21)28(30,31)32/h5-7,10-13,16,22,40H,8-9,14-15,33-34H2,1-4H3,(H,36,41)/b18-5-,24-16-,35-13-. The predicted octanol–water partition coefficient (Wildman–Crippen LogP) is 4.46. The first-order chi connectivity index (χ1) is 19.2. The monoisotopic (exact) mass is 593 g/mol. The second kappa shape index (κ2) is 13.4. The normalized spacial score (nSPS) is 16.9. The summed E-state index contributed by atoms with van der Waals surface area (Å²) in [7, 11) is 3.54. The SMILES string of the molecule is C/C=C(/C=N\N(C)C)C(\N)=C\N(N)c1cc(C(=O)Nc2cc(CN3CCC(O)C3)c(Cl)c(C(F)(F)F)c2)ccc1C. The number of hydrogen-bond donors (Lipinski definition) is 4. The number of carbonyl (C=O) groups is 1. The molecule has 1 unspecified atom stereocenters. The lowest BCUT2D eigenvalue weighted by atomic mass is 10.1. The lowest BCUT2D eigenvalue weighted by Crippen LogP contribution is -2.27. The maximum Gasteiger partial charge on any atom is 0.417 e. The van der Waals surface area contributed by atoms with Gasteiger partial charge in [-0.05, 0) is 55.7 Å². The average Bonchev–Trinajstić information content (AvgIpc) is 3.29. The van der Waals surface area contributed by atoms with E-state index in [4.69, 9.17) is 23.2 Å². The van der Waals surface area contributed by atoms with Crippen molar-refractivity contribution in [3.8, 4) is 0 Å². The van der Waals surface area contributed by atoms with Crippen LogP contribution in [0, 0.1) is 6.92 Å². The maximum absolute atomic E-state index is 13.8. The molecule has 0 bridgehead atoms. The van der Waals surface area contributed by atoms with Crippen LogP contribution in [0.3, 0.4) is 0 Å². The third kappa shape index (κ3) is 8.46. The number of carbonyl (C=O) groups excluding carboxylic acids is 1. The van der Waals surface area contributed by atoms with Gasteiger partial charge >= 0.3 is 6.18 Å². The van der Waals surface area contributed by atoms with Crippen LogP contribution in [0.4, 0.5) is 24.5 Å². The number of alkyl halides is 3. The van der Waals surface area contributed by atoms with E-state index in [0.717, 1.165) is 11.6 Å². The summed E-state index contributed by atoms with van der Waals surface area (Å²) in [4.78, 5) is 15.0. The van der Waals surface area contributed by atoms with Gasteiger partial charge in [-0.15, -0.1) is 0 Å². The molecule has 2 aromatic rings. The summed E-state index contributed by atoms with van der Waals surface area (Å²) in [5, 5.41) is 19.0. The summed E-state index contributed by atoms with van der Waals surface area (Å²) in [5.74, 6) is 5.62. The molecule has 1 heterocycles. The molecule has 13 heteroatoms. The Bertz CT molecular complexity index is 1360.